The number of hydrogen-bond donors (Lipinski definition) is 0. The Labute approximate surface area is 88.2 Å². The molecule has 0 spiro atoms. The first kappa shape index (κ1) is 11.7. The summed E-state index contributed by atoms with van der Waals surface area (Å²) in [4.78, 5) is 11.1. The molecule has 0 radical (unpaired) electrons. The molecule has 1 unspecified atom stereocenters. The van der Waals surface area contributed by atoms with Gasteiger partial charge in [-0.25, -0.2) is 4.79 Å². The molecule has 0 amide bonds. The van der Waals surface area contributed by atoms with E-state index in [-0.39, 0.29) is 18.3 Å². The number of hydrogen-bond acceptors (Lipinski definition) is 5. The van der Waals surface area contributed by atoms with Crippen LogP contribution in [0, 0.1) is 11.3 Å². The molecule has 0 aromatic heterocycles. The highest BCUT2D eigenvalue weighted by Gasteiger charge is 2.33. The Hall–Kier alpha value is -1.38. The molecule has 1 fully saturated rings. The Kier molecular flexibility index (Phi) is 3.45. The molecule has 1 aliphatic heterocycles. The summed E-state index contributed by atoms with van der Waals surface area (Å²) >= 11 is 0. The number of nitrogens with zero attached hydrogens (tertiary/aromatic N) is 1. The van der Waals surface area contributed by atoms with Crippen LogP contribution in [0.5, 0.6) is 0 Å². The fraction of sp³-hybridized carbons (Fsp3) is 0.600. The maximum absolute atomic E-state index is 11.1. The van der Waals surface area contributed by atoms with Crippen LogP contribution in [0.2, 0.25) is 0 Å². The van der Waals surface area contributed by atoms with Gasteiger partial charge in [0.15, 0.2) is 5.79 Å². The first-order valence-corrected chi connectivity index (χ1v) is 4.52. The maximum Gasteiger partial charge on any atom is 0.348 e. The Balaban J connectivity index is 2.31. The van der Waals surface area contributed by atoms with Crippen LogP contribution in [0.1, 0.15) is 13.8 Å². The normalized spacial score (nSPS) is 23.1. The van der Waals surface area contributed by atoms with Crippen LogP contribution < -0.4 is 0 Å². The monoisotopic (exact) mass is 211 g/mol. The summed E-state index contributed by atoms with van der Waals surface area (Å²) < 4.78 is 15.5. The van der Waals surface area contributed by atoms with E-state index in [2.05, 4.69) is 6.58 Å². The topological polar surface area (TPSA) is 68.6 Å². The highest BCUT2D eigenvalue weighted by Crippen LogP contribution is 2.22. The molecule has 1 heterocycles. The molecule has 0 saturated carbocycles. The maximum atomic E-state index is 11.1. The van der Waals surface area contributed by atoms with E-state index in [4.69, 9.17) is 19.5 Å². The molecule has 15 heavy (non-hydrogen) atoms. The van der Waals surface area contributed by atoms with E-state index in [0.717, 1.165) is 0 Å². The van der Waals surface area contributed by atoms with Crippen molar-refractivity contribution in [1.29, 1.82) is 5.26 Å². The standard InChI is InChI=1S/C10H13NO4/c1-7(4-11)9(12)13-5-8-6-14-10(2,3)15-8/h8H,1,5-6H2,2-3H3. The van der Waals surface area contributed by atoms with Crippen molar-refractivity contribution in [3.63, 3.8) is 0 Å². The van der Waals surface area contributed by atoms with Crippen LogP contribution in [0.4, 0.5) is 0 Å². The predicted octanol–water partition coefficient (Wildman–Crippen LogP) is 0.761. The number of rotatable bonds is 3. The van der Waals surface area contributed by atoms with Crippen LogP contribution in [-0.4, -0.2) is 31.1 Å². The minimum atomic E-state index is -0.717. The van der Waals surface area contributed by atoms with Gasteiger partial charge in [0.1, 0.15) is 24.4 Å². The second-order valence-corrected chi connectivity index (χ2v) is 3.64. The lowest BCUT2D eigenvalue weighted by Gasteiger charge is -2.16. The molecule has 0 aromatic carbocycles. The van der Waals surface area contributed by atoms with E-state index >= 15 is 0 Å². The van der Waals surface area contributed by atoms with E-state index in [0.29, 0.717) is 6.61 Å². The summed E-state index contributed by atoms with van der Waals surface area (Å²) in [5.74, 6) is -1.35. The second-order valence-electron chi connectivity index (χ2n) is 3.64. The third-order valence-corrected chi connectivity index (χ3v) is 1.85. The SMILES string of the molecule is C=C(C#N)C(=O)OCC1COC(C)(C)O1. The second kappa shape index (κ2) is 4.43. The predicted molar refractivity (Wildman–Crippen MR) is 50.6 cm³/mol. The number of carbonyl (C=O) groups excluding carboxylic acids is 1. The zero-order chi connectivity index (χ0) is 11.5. The van der Waals surface area contributed by atoms with Gasteiger partial charge >= 0.3 is 5.97 Å². The van der Waals surface area contributed by atoms with Crippen LogP contribution >= 0.6 is 0 Å². The Morgan fingerprint density at radius 1 is 1.73 bits per heavy atom. The molecule has 5 heteroatoms. The third kappa shape index (κ3) is 3.35. The van der Waals surface area contributed by atoms with Crippen molar-refractivity contribution in [2.45, 2.75) is 25.7 Å². The summed E-state index contributed by atoms with van der Waals surface area (Å²) in [6.07, 6.45) is -0.282. The first-order valence-electron chi connectivity index (χ1n) is 4.52. The molecule has 1 aliphatic rings. The highest BCUT2D eigenvalue weighted by atomic mass is 16.7. The average molecular weight is 211 g/mol. The zero-order valence-corrected chi connectivity index (χ0v) is 8.78. The van der Waals surface area contributed by atoms with Gasteiger partial charge in [-0.2, -0.15) is 5.26 Å². The van der Waals surface area contributed by atoms with Gasteiger partial charge in [0, 0.05) is 0 Å². The first-order chi connectivity index (χ1) is 6.94. The molecular formula is C10H13NO4. The van der Waals surface area contributed by atoms with E-state index < -0.39 is 11.8 Å². The molecule has 1 rings (SSSR count). The molecule has 0 N–H and O–H groups in total. The number of carbonyl (C=O) groups is 1. The van der Waals surface area contributed by atoms with Crippen molar-refractivity contribution in [3.8, 4) is 6.07 Å². The zero-order valence-electron chi connectivity index (χ0n) is 8.78. The lowest BCUT2D eigenvalue weighted by atomic mass is 10.3. The van der Waals surface area contributed by atoms with Gasteiger partial charge in [-0.05, 0) is 13.8 Å². The minimum absolute atomic E-state index is 0.0724. The third-order valence-electron chi connectivity index (χ3n) is 1.85. The van der Waals surface area contributed by atoms with Gasteiger partial charge in [-0.3, -0.25) is 0 Å². The molecular weight excluding hydrogens is 198 g/mol. The van der Waals surface area contributed by atoms with E-state index in [9.17, 15) is 4.79 Å². The van der Waals surface area contributed by atoms with Crippen molar-refractivity contribution >= 4 is 5.97 Å². The summed E-state index contributed by atoms with van der Waals surface area (Å²) in [6.45, 7) is 7.25. The summed E-state index contributed by atoms with van der Waals surface area (Å²) in [6, 6.07) is 1.62. The van der Waals surface area contributed by atoms with Crippen LogP contribution in [0.15, 0.2) is 12.2 Å². The molecule has 82 valence electrons. The largest absolute Gasteiger partial charge is 0.459 e. The van der Waals surface area contributed by atoms with Gasteiger partial charge in [-0.1, -0.05) is 6.58 Å². The van der Waals surface area contributed by atoms with Gasteiger partial charge in [0.25, 0.3) is 0 Å². The van der Waals surface area contributed by atoms with Crippen molar-refractivity contribution in [3.05, 3.63) is 12.2 Å². The van der Waals surface area contributed by atoms with Gasteiger partial charge in [-0.15, -0.1) is 0 Å². The Morgan fingerprint density at radius 3 is 2.87 bits per heavy atom. The van der Waals surface area contributed by atoms with E-state index in [1.807, 2.05) is 0 Å². The molecule has 1 saturated heterocycles. The smallest absolute Gasteiger partial charge is 0.348 e. The molecule has 5 nitrogen and oxygen atoms in total. The van der Waals surface area contributed by atoms with Crippen LogP contribution in [0.25, 0.3) is 0 Å². The van der Waals surface area contributed by atoms with Gasteiger partial charge in [0.2, 0.25) is 0 Å². The fourth-order valence-electron chi connectivity index (χ4n) is 1.15. The van der Waals surface area contributed by atoms with Crippen molar-refractivity contribution in [2.24, 2.45) is 0 Å². The highest BCUT2D eigenvalue weighted by molar-refractivity contribution is 5.91. The quantitative estimate of drug-likeness (QED) is 0.391. The number of esters is 1. The summed E-state index contributed by atoms with van der Waals surface area (Å²) in [5, 5.41) is 8.37. The summed E-state index contributed by atoms with van der Waals surface area (Å²) in [7, 11) is 0. The minimum Gasteiger partial charge on any atom is -0.459 e. The Morgan fingerprint density at radius 2 is 2.40 bits per heavy atom. The molecule has 0 bridgehead atoms. The number of ether oxygens (including phenoxy) is 3. The molecule has 1 atom stereocenters. The van der Waals surface area contributed by atoms with E-state index in [1.165, 1.54) is 0 Å². The lowest BCUT2D eigenvalue weighted by molar-refractivity contribution is -0.155. The number of nitriles is 1. The average Bonchev–Trinajstić information content (AvgIpc) is 2.53. The Bertz CT molecular complexity index is 316. The van der Waals surface area contributed by atoms with Gasteiger partial charge < -0.3 is 14.2 Å². The van der Waals surface area contributed by atoms with E-state index in [1.54, 1.807) is 19.9 Å². The van der Waals surface area contributed by atoms with Crippen LogP contribution in [0.3, 0.4) is 0 Å². The van der Waals surface area contributed by atoms with Crippen molar-refractivity contribution in [1.82, 2.24) is 0 Å². The lowest BCUT2D eigenvalue weighted by Crippen LogP contribution is -2.25. The fourth-order valence-corrected chi connectivity index (χ4v) is 1.15. The summed E-state index contributed by atoms with van der Waals surface area (Å²) in [5.41, 5.74) is -0.215. The van der Waals surface area contributed by atoms with Gasteiger partial charge in [0.05, 0.1) is 6.61 Å². The van der Waals surface area contributed by atoms with Crippen molar-refractivity contribution in [2.75, 3.05) is 13.2 Å². The molecule has 0 aliphatic carbocycles. The van der Waals surface area contributed by atoms with Crippen LogP contribution in [-0.2, 0) is 19.0 Å². The van der Waals surface area contributed by atoms with Crippen molar-refractivity contribution < 1.29 is 19.0 Å². The molecule has 0 aromatic rings.